The highest BCUT2D eigenvalue weighted by atomic mass is 79.9. The van der Waals surface area contributed by atoms with Crippen LogP contribution in [0.1, 0.15) is 22.7 Å². The summed E-state index contributed by atoms with van der Waals surface area (Å²) >= 11 is 3.27. The zero-order valence-corrected chi connectivity index (χ0v) is 13.1. The van der Waals surface area contributed by atoms with Crippen LogP contribution >= 0.6 is 15.9 Å². The molecule has 0 aliphatic heterocycles. The lowest BCUT2D eigenvalue weighted by Gasteiger charge is -2.15. The number of hydrogen-bond acceptors (Lipinski definition) is 2. The van der Waals surface area contributed by atoms with E-state index in [0.717, 1.165) is 22.4 Å². The van der Waals surface area contributed by atoms with Gasteiger partial charge in [0.15, 0.2) is 0 Å². The average Bonchev–Trinajstić information content (AvgIpc) is 2.44. The summed E-state index contributed by atoms with van der Waals surface area (Å²) in [5.41, 5.74) is 9.12. The summed E-state index contributed by atoms with van der Waals surface area (Å²) in [6, 6.07) is 10.7. The van der Waals surface area contributed by atoms with Gasteiger partial charge in [-0.2, -0.15) is 0 Å². The number of aryl methyl sites for hydroxylation is 1. The summed E-state index contributed by atoms with van der Waals surface area (Å²) in [4.78, 5) is 0. The number of ether oxygens (including phenoxy) is 1. The van der Waals surface area contributed by atoms with E-state index < -0.39 is 0 Å². The molecular formula is C16H17BrFNO. The lowest BCUT2D eigenvalue weighted by molar-refractivity contribution is 0.410. The first-order valence-corrected chi connectivity index (χ1v) is 7.15. The molecule has 2 aromatic carbocycles. The molecule has 2 rings (SSSR count). The molecule has 0 saturated carbocycles. The second-order valence-corrected chi connectivity index (χ2v) is 5.55. The molecule has 2 aromatic rings. The number of hydrogen-bond donors (Lipinski definition) is 1. The fourth-order valence-electron chi connectivity index (χ4n) is 2.13. The molecule has 0 fully saturated rings. The first-order valence-electron chi connectivity index (χ1n) is 6.36. The molecule has 0 heterocycles. The Balaban J connectivity index is 2.24. The summed E-state index contributed by atoms with van der Waals surface area (Å²) < 4.78 is 19.3. The van der Waals surface area contributed by atoms with Gasteiger partial charge in [-0.25, -0.2) is 4.39 Å². The van der Waals surface area contributed by atoms with Gasteiger partial charge in [0.1, 0.15) is 11.6 Å². The van der Waals surface area contributed by atoms with Crippen molar-refractivity contribution in [1.82, 2.24) is 0 Å². The predicted molar refractivity (Wildman–Crippen MR) is 82.5 cm³/mol. The quantitative estimate of drug-likeness (QED) is 0.909. The molecule has 0 saturated heterocycles. The molecule has 2 nitrogen and oxygen atoms in total. The van der Waals surface area contributed by atoms with E-state index >= 15 is 0 Å². The predicted octanol–water partition coefficient (Wildman–Crippen LogP) is 4.15. The Morgan fingerprint density at radius 2 is 2.05 bits per heavy atom. The lowest BCUT2D eigenvalue weighted by atomic mass is 9.98. The Morgan fingerprint density at radius 1 is 1.30 bits per heavy atom. The average molecular weight is 338 g/mol. The molecule has 0 bridgehead atoms. The highest BCUT2D eigenvalue weighted by Gasteiger charge is 2.13. The Hall–Kier alpha value is -1.39. The van der Waals surface area contributed by atoms with E-state index in [-0.39, 0.29) is 11.9 Å². The van der Waals surface area contributed by atoms with Crippen LogP contribution in [-0.2, 0) is 6.42 Å². The minimum Gasteiger partial charge on any atom is -0.496 e. The fraction of sp³-hybridized carbons (Fsp3) is 0.250. The largest absolute Gasteiger partial charge is 0.496 e. The van der Waals surface area contributed by atoms with Gasteiger partial charge in [0.25, 0.3) is 0 Å². The van der Waals surface area contributed by atoms with E-state index in [0.29, 0.717) is 10.9 Å². The number of rotatable bonds is 4. The van der Waals surface area contributed by atoms with Gasteiger partial charge in [0, 0.05) is 6.04 Å². The van der Waals surface area contributed by atoms with Gasteiger partial charge in [-0.15, -0.1) is 0 Å². The third kappa shape index (κ3) is 3.19. The zero-order chi connectivity index (χ0) is 14.7. The van der Waals surface area contributed by atoms with Gasteiger partial charge < -0.3 is 10.5 Å². The maximum Gasteiger partial charge on any atom is 0.137 e. The van der Waals surface area contributed by atoms with E-state index in [1.807, 2.05) is 31.2 Å². The van der Waals surface area contributed by atoms with E-state index in [2.05, 4.69) is 15.9 Å². The van der Waals surface area contributed by atoms with Crippen molar-refractivity contribution < 1.29 is 9.13 Å². The van der Waals surface area contributed by atoms with Crippen LogP contribution in [0.25, 0.3) is 0 Å². The van der Waals surface area contributed by atoms with Gasteiger partial charge in [0.2, 0.25) is 0 Å². The molecule has 0 spiro atoms. The zero-order valence-electron chi connectivity index (χ0n) is 11.5. The third-order valence-corrected chi connectivity index (χ3v) is 4.22. The van der Waals surface area contributed by atoms with Crippen LogP contribution in [0.4, 0.5) is 4.39 Å². The molecule has 1 unspecified atom stereocenters. The van der Waals surface area contributed by atoms with Crippen molar-refractivity contribution in [3.05, 3.63) is 63.4 Å². The smallest absolute Gasteiger partial charge is 0.137 e. The summed E-state index contributed by atoms with van der Waals surface area (Å²) in [6.45, 7) is 1.98. The van der Waals surface area contributed by atoms with Crippen LogP contribution < -0.4 is 10.5 Å². The monoisotopic (exact) mass is 337 g/mol. The Bertz CT molecular complexity index is 615. The maximum atomic E-state index is 13.5. The summed E-state index contributed by atoms with van der Waals surface area (Å²) in [5.74, 6) is 0.549. The molecule has 0 radical (unpaired) electrons. The first-order chi connectivity index (χ1) is 9.52. The number of halogens is 2. The molecule has 4 heteroatoms. The molecule has 0 aliphatic rings. The van der Waals surface area contributed by atoms with Crippen molar-refractivity contribution in [2.75, 3.05) is 7.11 Å². The van der Waals surface area contributed by atoms with Gasteiger partial charge in [-0.1, -0.05) is 24.3 Å². The van der Waals surface area contributed by atoms with Gasteiger partial charge in [-0.3, -0.25) is 0 Å². The minimum atomic E-state index is -0.267. The van der Waals surface area contributed by atoms with Crippen molar-refractivity contribution >= 4 is 15.9 Å². The van der Waals surface area contributed by atoms with Gasteiger partial charge in [-0.05, 0) is 58.1 Å². The van der Waals surface area contributed by atoms with Gasteiger partial charge in [0.05, 0.1) is 11.6 Å². The van der Waals surface area contributed by atoms with Crippen molar-refractivity contribution in [2.24, 2.45) is 5.73 Å². The van der Waals surface area contributed by atoms with E-state index in [1.54, 1.807) is 13.2 Å². The van der Waals surface area contributed by atoms with Gasteiger partial charge >= 0.3 is 0 Å². The fourth-order valence-corrected chi connectivity index (χ4v) is 2.55. The second kappa shape index (κ2) is 6.37. The maximum absolute atomic E-state index is 13.5. The molecular weight excluding hydrogens is 321 g/mol. The Morgan fingerprint density at radius 3 is 2.75 bits per heavy atom. The molecule has 0 aromatic heterocycles. The standard InChI is InChI=1S/C16H17BrFNO/c1-10-6-7-11(9-15(10)20-2)14(19)8-12-4-3-5-13(18)16(12)17/h3-7,9,14H,8,19H2,1-2H3. The number of nitrogens with two attached hydrogens (primary N) is 1. The van der Waals surface area contributed by atoms with Crippen LogP contribution in [0.3, 0.4) is 0 Å². The van der Waals surface area contributed by atoms with Crippen LogP contribution in [0.5, 0.6) is 5.75 Å². The molecule has 20 heavy (non-hydrogen) atoms. The molecule has 2 N–H and O–H groups in total. The first kappa shape index (κ1) is 15.0. The molecule has 0 amide bonds. The molecule has 0 aliphatic carbocycles. The highest BCUT2D eigenvalue weighted by Crippen LogP contribution is 2.27. The second-order valence-electron chi connectivity index (χ2n) is 4.75. The summed E-state index contributed by atoms with van der Waals surface area (Å²) in [7, 11) is 1.64. The van der Waals surface area contributed by atoms with Crippen LogP contribution in [0.2, 0.25) is 0 Å². The van der Waals surface area contributed by atoms with E-state index in [4.69, 9.17) is 10.5 Å². The minimum absolute atomic E-state index is 0.206. The Kier molecular flexibility index (Phi) is 4.78. The molecule has 1 atom stereocenters. The van der Waals surface area contributed by atoms with Crippen LogP contribution in [0.15, 0.2) is 40.9 Å². The normalized spacial score (nSPS) is 12.2. The third-order valence-electron chi connectivity index (χ3n) is 3.33. The topological polar surface area (TPSA) is 35.2 Å². The number of benzene rings is 2. The molecule has 106 valence electrons. The van der Waals surface area contributed by atoms with Crippen molar-refractivity contribution in [1.29, 1.82) is 0 Å². The van der Waals surface area contributed by atoms with Crippen molar-refractivity contribution in [3.63, 3.8) is 0 Å². The van der Waals surface area contributed by atoms with Crippen molar-refractivity contribution in [3.8, 4) is 5.75 Å². The SMILES string of the molecule is COc1cc(C(N)Cc2cccc(F)c2Br)ccc1C. The summed E-state index contributed by atoms with van der Waals surface area (Å²) in [6.07, 6.45) is 0.560. The van der Waals surface area contributed by atoms with Crippen LogP contribution in [0, 0.1) is 12.7 Å². The van der Waals surface area contributed by atoms with Crippen LogP contribution in [-0.4, -0.2) is 7.11 Å². The Labute approximate surface area is 126 Å². The summed E-state index contributed by atoms with van der Waals surface area (Å²) in [5, 5.41) is 0. The van der Waals surface area contributed by atoms with E-state index in [9.17, 15) is 4.39 Å². The number of methoxy groups -OCH3 is 1. The highest BCUT2D eigenvalue weighted by molar-refractivity contribution is 9.10. The van der Waals surface area contributed by atoms with E-state index in [1.165, 1.54) is 6.07 Å². The lowest BCUT2D eigenvalue weighted by Crippen LogP contribution is -2.14. The van der Waals surface area contributed by atoms with Crippen molar-refractivity contribution in [2.45, 2.75) is 19.4 Å².